The van der Waals surface area contributed by atoms with Crippen molar-refractivity contribution in [2.45, 2.75) is 19.6 Å². The number of pyridine rings is 3. The van der Waals surface area contributed by atoms with E-state index in [1.807, 2.05) is 54.9 Å². The Hall–Kier alpha value is -3.37. The lowest BCUT2D eigenvalue weighted by Crippen LogP contribution is -2.24. The Morgan fingerprint density at radius 3 is 1.71 bits per heavy atom. The van der Waals surface area contributed by atoms with Crippen LogP contribution in [-0.4, -0.2) is 19.9 Å². The van der Waals surface area contributed by atoms with E-state index in [4.69, 9.17) is 4.98 Å². The van der Waals surface area contributed by atoms with Crippen LogP contribution in [0.4, 0.5) is 0 Å². The molecule has 3 heterocycles. The van der Waals surface area contributed by atoms with Crippen LogP contribution in [0.25, 0.3) is 11.3 Å². The van der Waals surface area contributed by atoms with Crippen molar-refractivity contribution in [3.8, 4) is 11.3 Å². The van der Waals surface area contributed by atoms with Gasteiger partial charge in [-0.25, -0.2) is 0 Å². The Kier molecular flexibility index (Phi) is 5.80. The van der Waals surface area contributed by atoms with Gasteiger partial charge in [0.05, 0.1) is 22.8 Å². The van der Waals surface area contributed by atoms with Gasteiger partial charge in [0.2, 0.25) is 0 Å². The molecule has 4 rings (SSSR count). The second-order valence-electron chi connectivity index (χ2n) is 6.67. The fourth-order valence-corrected chi connectivity index (χ4v) is 3.18. The summed E-state index contributed by atoms with van der Waals surface area (Å²) in [6, 6.07) is 28.5. The van der Waals surface area contributed by atoms with Crippen LogP contribution in [0.3, 0.4) is 0 Å². The number of hydrogen-bond acceptors (Lipinski definition) is 4. The van der Waals surface area contributed by atoms with Gasteiger partial charge in [-0.05, 0) is 36.4 Å². The van der Waals surface area contributed by atoms with E-state index in [1.165, 1.54) is 0 Å². The third-order valence-electron chi connectivity index (χ3n) is 4.49. The number of aromatic nitrogens is 3. The van der Waals surface area contributed by atoms with E-state index >= 15 is 0 Å². The number of rotatable bonds is 7. The van der Waals surface area contributed by atoms with Gasteiger partial charge >= 0.3 is 0 Å². The average molecular weight is 366 g/mol. The Labute approximate surface area is 165 Å². The Balaban J connectivity index is 1.56. The number of nitrogens with zero attached hydrogens (tertiary/aromatic N) is 4. The molecule has 0 N–H and O–H groups in total. The monoisotopic (exact) mass is 366 g/mol. The molecule has 0 aliphatic carbocycles. The van der Waals surface area contributed by atoms with Crippen LogP contribution < -0.4 is 0 Å². The molecule has 0 saturated heterocycles. The highest BCUT2D eigenvalue weighted by Crippen LogP contribution is 2.18. The summed E-state index contributed by atoms with van der Waals surface area (Å²) < 4.78 is 0. The average Bonchev–Trinajstić information content (AvgIpc) is 2.76. The minimum atomic E-state index is 0.730. The number of hydrogen-bond donors (Lipinski definition) is 0. The zero-order valence-corrected chi connectivity index (χ0v) is 15.6. The summed E-state index contributed by atoms with van der Waals surface area (Å²) in [4.78, 5) is 16.2. The minimum Gasteiger partial charge on any atom is -0.286 e. The van der Waals surface area contributed by atoms with Crippen LogP contribution in [0, 0.1) is 0 Å². The highest BCUT2D eigenvalue weighted by Gasteiger charge is 2.11. The van der Waals surface area contributed by atoms with E-state index in [9.17, 15) is 0 Å². The molecule has 0 atom stereocenters. The maximum absolute atomic E-state index is 4.88. The lowest BCUT2D eigenvalue weighted by atomic mass is 10.1. The van der Waals surface area contributed by atoms with E-state index in [1.54, 1.807) is 0 Å². The molecule has 0 spiro atoms. The fraction of sp³-hybridized carbons (Fsp3) is 0.125. The third kappa shape index (κ3) is 4.87. The van der Waals surface area contributed by atoms with Crippen LogP contribution in [0.1, 0.15) is 17.1 Å². The van der Waals surface area contributed by atoms with E-state index in [-0.39, 0.29) is 0 Å². The smallest absolute Gasteiger partial charge is 0.0705 e. The Bertz CT molecular complexity index is 947. The van der Waals surface area contributed by atoms with Crippen molar-refractivity contribution < 1.29 is 0 Å². The Morgan fingerprint density at radius 1 is 0.536 bits per heavy atom. The molecular weight excluding hydrogens is 344 g/mol. The first-order valence-corrected chi connectivity index (χ1v) is 9.40. The summed E-state index contributed by atoms with van der Waals surface area (Å²) in [5.74, 6) is 0. The van der Waals surface area contributed by atoms with Crippen molar-refractivity contribution in [2.24, 2.45) is 0 Å². The molecule has 1 aromatic carbocycles. The molecule has 138 valence electrons. The molecule has 4 aromatic rings. The summed E-state index contributed by atoms with van der Waals surface area (Å²) in [5, 5.41) is 0. The van der Waals surface area contributed by atoms with Gasteiger partial charge in [0.15, 0.2) is 0 Å². The highest BCUT2D eigenvalue weighted by atomic mass is 15.1. The maximum Gasteiger partial charge on any atom is 0.0705 e. The van der Waals surface area contributed by atoms with E-state index in [2.05, 4.69) is 57.3 Å². The van der Waals surface area contributed by atoms with Crippen LogP contribution in [0.15, 0.2) is 97.3 Å². The standard InChI is InChI=1S/C24H22N4/c1-2-9-20(10-3-1)24-14-8-13-23(27-24)19-28(17-21-11-4-6-15-25-21)18-22-12-5-7-16-26-22/h1-16H,17-19H2. The van der Waals surface area contributed by atoms with E-state index in [0.717, 1.165) is 48.0 Å². The molecule has 28 heavy (non-hydrogen) atoms. The molecule has 0 fully saturated rings. The summed E-state index contributed by atoms with van der Waals surface area (Å²) in [5.41, 5.74) is 5.24. The van der Waals surface area contributed by atoms with Gasteiger partial charge in [-0.1, -0.05) is 48.5 Å². The van der Waals surface area contributed by atoms with Crippen molar-refractivity contribution in [3.63, 3.8) is 0 Å². The lowest BCUT2D eigenvalue weighted by molar-refractivity contribution is 0.239. The van der Waals surface area contributed by atoms with Crippen molar-refractivity contribution in [1.82, 2.24) is 19.9 Å². The largest absolute Gasteiger partial charge is 0.286 e. The number of benzene rings is 1. The zero-order valence-electron chi connectivity index (χ0n) is 15.6. The molecule has 4 heteroatoms. The van der Waals surface area contributed by atoms with Crippen molar-refractivity contribution >= 4 is 0 Å². The molecule has 4 nitrogen and oxygen atoms in total. The molecule has 0 radical (unpaired) electrons. The first-order chi connectivity index (χ1) is 13.9. The van der Waals surface area contributed by atoms with Crippen molar-refractivity contribution in [2.75, 3.05) is 0 Å². The molecular formula is C24H22N4. The van der Waals surface area contributed by atoms with Crippen LogP contribution in [-0.2, 0) is 19.6 Å². The van der Waals surface area contributed by atoms with E-state index < -0.39 is 0 Å². The van der Waals surface area contributed by atoms with Crippen LogP contribution in [0.5, 0.6) is 0 Å². The summed E-state index contributed by atoms with van der Waals surface area (Å²) in [7, 11) is 0. The first-order valence-electron chi connectivity index (χ1n) is 9.40. The third-order valence-corrected chi connectivity index (χ3v) is 4.49. The Morgan fingerprint density at radius 2 is 1.11 bits per heavy atom. The van der Waals surface area contributed by atoms with Crippen molar-refractivity contribution in [3.05, 3.63) is 114 Å². The second-order valence-corrected chi connectivity index (χ2v) is 6.67. The summed E-state index contributed by atoms with van der Waals surface area (Å²) >= 11 is 0. The van der Waals surface area contributed by atoms with Gasteiger partial charge in [-0.3, -0.25) is 19.9 Å². The minimum absolute atomic E-state index is 0.730. The molecule has 0 amide bonds. The van der Waals surface area contributed by atoms with Gasteiger partial charge in [0.25, 0.3) is 0 Å². The predicted molar refractivity (Wildman–Crippen MR) is 111 cm³/mol. The lowest BCUT2D eigenvalue weighted by Gasteiger charge is -2.21. The van der Waals surface area contributed by atoms with Crippen LogP contribution in [0.2, 0.25) is 0 Å². The van der Waals surface area contributed by atoms with Gasteiger partial charge in [0, 0.05) is 37.6 Å². The molecule has 0 bridgehead atoms. The predicted octanol–water partition coefficient (Wildman–Crippen LogP) is 4.74. The molecule has 0 saturated carbocycles. The molecule has 0 aliphatic rings. The van der Waals surface area contributed by atoms with E-state index in [0.29, 0.717) is 0 Å². The van der Waals surface area contributed by atoms with Gasteiger partial charge in [-0.15, -0.1) is 0 Å². The SMILES string of the molecule is c1ccc(-c2cccc(CN(Cc3ccccn3)Cc3ccccn3)n2)cc1. The summed E-state index contributed by atoms with van der Waals surface area (Å²) in [6.45, 7) is 2.22. The van der Waals surface area contributed by atoms with Gasteiger partial charge in [-0.2, -0.15) is 0 Å². The molecule has 0 unspecified atom stereocenters. The fourth-order valence-electron chi connectivity index (χ4n) is 3.18. The zero-order chi connectivity index (χ0) is 19.0. The van der Waals surface area contributed by atoms with Gasteiger partial charge < -0.3 is 0 Å². The second kappa shape index (κ2) is 9.02. The topological polar surface area (TPSA) is 41.9 Å². The van der Waals surface area contributed by atoms with Gasteiger partial charge in [0.1, 0.15) is 0 Å². The van der Waals surface area contributed by atoms with Crippen molar-refractivity contribution in [1.29, 1.82) is 0 Å². The normalized spacial score (nSPS) is 10.9. The first kappa shape index (κ1) is 18.0. The quantitative estimate of drug-likeness (QED) is 0.474. The molecule has 0 aliphatic heterocycles. The summed E-state index contributed by atoms with van der Waals surface area (Å²) in [6.07, 6.45) is 3.67. The molecule has 3 aromatic heterocycles. The maximum atomic E-state index is 4.88. The van der Waals surface area contributed by atoms with Crippen LogP contribution >= 0.6 is 0 Å². The highest BCUT2D eigenvalue weighted by molar-refractivity contribution is 5.58.